The minimum atomic E-state index is -0.144. The van der Waals surface area contributed by atoms with E-state index in [4.69, 9.17) is 16.3 Å². The number of hydrogen-bond donors (Lipinski definition) is 0. The van der Waals surface area contributed by atoms with Crippen molar-refractivity contribution in [3.05, 3.63) is 23.7 Å². The maximum atomic E-state index is 6.30. The Bertz CT molecular complexity index is 629. The zero-order chi connectivity index (χ0) is 14.3. The molecular weight excluding hydrogens is 274 g/mol. The van der Waals surface area contributed by atoms with Crippen LogP contribution in [0.15, 0.2) is 12.1 Å². The molecular formula is C15H20ClN3O. The van der Waals surface area contributed by atoms with Crippen LogP contribution >= 0.6 is 11.6 Å². The summed E-state index contributed by atoms with van der Waals surface area (Å²) >= 11 is 6.30. The summed E-state index contributed by atoms with van der Waals surface area (Å²) in [4.78, 5) is 9.28. The summed E-state index contributed by atoms with van der Waals surface area (Å²) in [6.07, 6.45) is 2.18. The molecule has 0 saturated carbocycles. The number of ether oxygens (including phenoxy) is 1. The van der Waals surface area contributed by atoms with Crippen LogP contribution in [0.2, 0.25) is 0 Å². The fourth-order valence-corrected chi connectivity index (χ4v) is 3.04. The van der Waals surface area contributed by atoms with Crippen LogP contribution < -0.4 is 0 Å². The van der Waals surface area contributed by atoms with Crippen LogP contribution in [-0.4, -0.2) is 26.7 Å². The molecule has 0 aliphatic carbocycles. The molecule has 1 aliphatic heterocycles. The number of imidazole rings is 1. The third kappa shape index (κ3) is 2.42. The molecule has 1 aliphatic rings. The second-order valence-corrected chi connectivity index (χ2v) is 6.52. The molecule has 1 fully saturated rings. The highest BCUT2D eigenvalue weighted by Gasteiger charge is 2.32. The van der Waals surface area contributed by atoms with Gasteiger partial charge in [0.25, 0.3) is 0 Å². The predicted octanol–water partition coefficient (Wildman–Crippen LogP) is 3.61. The number of halogens is 1. The second kappa shape index (κ2) is 5.01. The first-order valence-electron chi connectivity index (χ1n) is 7.10. The lowest BCUT2D eigenvalue weighted by molar-refractivity contribution is 0.00638. The molecule has 2 atom stereocenters. The molecule has 1 saturated heterocycles. The molecule has 3 rings (SSSR count). The highest BCUT2D eigenvalue weighted by molar-refractivity contribution is 6.20. The summed E-state index contributed by atoms with van der Waals surface area (Å²) in [5.74, 6) is 0.872. The van der Waals surface area contributed by atoms with Crippen LogP contribution in [0.5, 0.6) is 0 Å². The predicted molar refractivity (Wildman–Crippen MR) is 80.1 cm³/mol. The number of pyridine rings is 1. The molecule has 0 N–H and O–H groups in total. The largest absolute Gasteiger partial charge is 0.373 e. The van der Waals surface area contributed by atoms with Gasteiger partial charge in [-0.15, -0.1) is 11.6 Å². The van der Waals surface area contributed by atoms with Gasteiger partial charge in [-0.05, 0) is 45.7 Å². The van der Waals surface area contributed by atoms with Crippen molar-refractivity contribution in [2.75, 3.05) is 6.61 Å². The molecule has 4 nitrogen and oxygen atoms in total. The van der Waals surface area contributed by atoms with Gasteiger partial charge in [-0.1, -0.05) is 0 Å². The van der Waals surface area contributed by atoms with Gasteiger partial charge in [0.2, 0.25) is 0 Å². The van der Waals surface area contributed by atoms with E-state index in [-0.39, 0.29) is 11.0 Å². The summed E-state index contributed by atoms with van der Waals surface area (Å²) in [6, 6.07) is 3.99. The summed E-state index contributed by atoms with van der Waals surface area (Å²) in [5.41, 5.74) is 2.66. The molecule has 0 spiro atoms. The summed E-state index contributed by atoms with van der Waals surface area (Å²) in [6.45, 7) is 7.69. The Balaban J connectivity index is 2.10. The van der Waals surface area contributed by atoms with Gasteiger partial charge < -0.3 is 9.30 Å². The van der Waals surface area contributed by atoms with E-state index in [9.17, 15) is 0 Å². The van der Waals surface area contributed by atoms with Gasteiger partial charge in [0, 0.05) is 12.3 Å². The zero-order valence-corrected chi connectivity index (χ0v) is 12.9. The van der Waals surface area contributed by atoms with Crippen molar-refractivity contribution < 1.29 is 4.74 Å². The molecule has 0 aromatic carbocycles. The number of fused-ring (bicyclic) bond motifs is 1. The summed E-state index contributed by atoms with van der Waals surface area (Å²) in [7, 11) is 0. The maximum absolute atomic E-state index is 6.30. The average molecular weight is 294 g/mol. The third-order valence-corrected chi connectivity index (χ3v) is 4.11. The lowest BCUT2D eigenvalue weighted by Gasteiger charge is -2.25. The standard InChI is InChI=1S/C15H20ClN3O/c1-10-5-6-12-14(17-10)19(13(18-12)11(2)16)9-15(3)7-4-8-20-15/h5-6,11H,4,7-9H2,1-3H3. The smallest absolute Gasteiger partial charge is 0.160 e. The Morgan fingerprint density at radius 2 is 2.25 bits per heavy atom. The third-order valence-electron chi connectivity index (χ3n) is 3.91. The lowest BCUT2D eigenvalue weighted by atomic mass is 10.0. The fourth-order valence-electron chi connectivity index (χ4n) is 2.87. The van der Waals surface area contributed by atoms with E-state index in [2.05, 4.69) is 21.5 Å². The van der Waals surface area contributed by atoms with Crippen molar-refractivity contribution in [2.45, 2.75) is 51.1 Å². The lowest BCUT2D eigenvalue weighted by Crippen LogP contribution is -2.30. The number of aryl methyl sites for hydroxylation is 1. The van der Waals surface area contributed by atoms with Crippen molar-refractivity contribution in [3.63, 3.8) is 0 Å². The minimum absolute atomic E-state index is 0.139. The number of aromatic nitrogens is 3. The molecule has 108 valence electrons. The van der Waals surface area contributed by atoms with E-state index in [1.165, 1.54) is 0 Å². The molecule has 2 aromatic rings. The van der Waals surface area contributed by atoms with Gasteiger partial charge in [-0.2, -0.15) is 0 Å². The topological polar surface area (TPSA) is 39.9 Å². The van der Waals surface area contributed by atoms with Gasteiger partial charge in [-0.3, -0.25) is 0 Å². The van der Waals surface area contributed by atoms with E-state index in [0.717, 1.165) is 48.7 Å². The van der Waals surface area contributed by atoms with Gasteiger partial charge >= 0.3 is 0 Å². The van der Waals surface area contributed by atoms with Gasteiger partial charge in [0.1, 0.15) is 11.3 Å². The second-order valence-electron chi connectivity index (χ2n) is 5.87. The van der Waals surface area contributed by atoms with E-state index in [1.807, 2.05) is 26.0 Å². The molecule has 0 bridgehead atoms. The van der Waals surface area contributed by atoms with Crippen LogP contribution in [0, 0.1) is 6.92 Å². The Hall–Kier alpha value is -1.13. The number of hydrogen-bond acceptors (Lipinski definition) is 3. The average Bonchev–Trinajstić information content (AvgIpc) is 2.95. The number of rotatable bonds is 3. The van der Waals surface area contributed by atoms with Crippen molar-refractivity contribution in [3.8, 4) is 0 Å². The molecule has 0 amide bonds. The molecule has 5 heteroatoms. The Labute approximate surface area is 124 Å². The highest BCUT2D eigenvalue weighted by atomic mass is 35.5. The minimum Gasteiger partial charge on any atom is -0.373 e. The molecule has 3 heterocycles. The van der Waals surface area contributed by atoms with Crippen LogP contribution in [0.4, 0.5) is 0 Å². The van der Waals surface area contributed by atoms with Crippen molar-refractivity contribution in [1.29, 1.82) is 0 Å². The van der Waals surface area contributed by atoms with E-state index >= 15 is 0 Å². The summed E-state index contributed by atoms with van der Waals surface area (Å²) < 4.78 is 8.04. The van der Waals surface area contributed by atoms with E-state index in [0.29, 0.717) is 0 Å². The maximum Gasteiger partial charge on any atom is 0.160 e. The van der Waals surface area contributed by atoms with E-state index < -0.39 is 0 Å². The molecule has 0 radical (unpaired) electrons. The van der Waals surface area contributed by atoms with Crippen molar-refractivity contribution in [1.82, 2.24) is 14.5 Å². The van der Waals surface area contributed by atoms with Gasteiger partial charge in [0.05, 0.1) is 17.5 Å². The Kier molecular flexibility index (Phi) is 3.46. The van der Waals surface area contributed by atoms with Crippen molar-refractivity contribution >= 4 is 22.8 Å². The van der Waals surface area contributed by atoms with Crippen LogP contribution in [0.3, 0.4) is 0 Å². The quantitative estimate of drug-likeness (QED) is 0.812. The number of alkyl halides is 1. The Morgan fingerprint density at radius 3 is 2.90 bits per heavy atom. The first-order valence-corrected chi connectivity index (χ1v) is 7.54. The van der Waals surface area contributed by atoms with Crippen LogP contribution in [-0.2, 0) is 11.3 Å². The normalized spacial score (nSPS) is 24.4. The van der Waals surface area contributed by atoms with E-state index in [1.54, 1.807) is 0 Å². The zero-order valence-electron chi connectivity index (χ0n) is 12.2. The fraction of sp³-hybridized carbons (Fsp3) is 0.600. The Morgan fingerprint density at radius 1 is 1.45 bits per heavy atom. The highest BCUT2D eigenvalue weighted by Crippen LogP contribution is 2.31. The molecule has 20 heavy (non-hydrogen) atoms. The van der Waals surface area contributed by atoms with Gasteiger partial charge in [-0.25, -0.2) is 9.97 Å². The molecule has 2 unspecified atom stereocenters. The molecule has 2 aromatic heterocycles. The first kappa shape index (κ1) is 13.8. The van der Waals surface area contributed by atoms with Gasteiger partial charge in [0.15, 0.2) is 5.65 Å². The van der Waals surface area contributed by atoms with Crippen molar-refractivity contribution in [2.24, 2.45) is 0 Å². The summed E-state index contributed by atoms with van der Waals surface area (Å²) in [5, 5.41) is -0.144. The SMILES string of the molecule is Cc1ccc2nc(C(C)Cl)n(CC3(C)CCCO3)c2n1. The number of nitrogens with zero attached hydrogens (tertiary/aromatic N) is 3. The van der Waals surface area contributed by atoms with Crippen LogP contribution in [0.25, 0.3) is 11.2 Å². The first-order chi connectivity index (χ1) is 9.48. The monoisotopic (exact) mass is 293 g/mol. The van der Waals surface area contributed by atoms with Crippen LogP contribution in [0.1, 0.15) is 43.6 Å².